The summed E-state index contributed by atoms with van der Waals surface area (Å²) in [4.78, 5) is 22.8. The number of hydrogen-bond acceptors (Lipinski definition) is 5. The van der Waals surface area contributed by atoms with Crippen LogP contribution in [-0.4, -0.2) is 32.8 Å². The number of hydrogen-bond donors (Lipinski definition) is 1. The fraction of sp³-hybridized carbons (Fsp3) is 0.150. The van der Waals surface area contributed by atoms with Crippen LogP contribution < -0.4 is 5.73 Å². The lowest BCUT2D eigenvalue weighted by Gasteiger charge is -2.20. The van der Waals surface area contributed by atoms with E-state index in [4.69, 9.17) is 10.6 Å². The normalized spacial score (nSPS) is 11.2. The Hall–Kier alpha value is -2.97. The Morgan fingerprint density at radius 2 is 1.96 bits per heavy atom. The highest BCUT2D eigenvalue weighted by Crippen LogP contribution is 2.28. The summed E-state index contributed by atoms with van der Waals surface area (Å²) in [5.74, 6) is 0.183. The Labute approximate surface area is 169 Å². The number of carbonyl (C=O) groups is 1. The average molecular weight is 440 g/mol. The largest absolute Gasteiger partial charge is 0.383 e. The summed E-state index contributed by atoms with van der Waals surface area (Å²) in [6, 6.07) is 13.1. The van der Waals surface area contributed by atoms with Gasteiger partial charge < -0.3 is 5.73 Å². The van der Waals surface area contributed by atoms with E-state index in [1.54, 1.807) is 23.0 Å². The van der Waals surface area contributed by atoms with Crippen molar-refractivity contribution >= 4 is 49.5 Å². The van der Waals surface area contributed by atoms with Crippen LogP contribution in [0, 0.1) is 0 Å². The Morgan fingerprint density at radius 3 is 2.68 bits per heavy atom. The molecule has 2 heterocycles. The van der Waals surface area contributed by atoms with Crippen molar-refractivity contribution in [2.24, 2.45) is 7.05 Å². The molecule has 0 atom stereocenters. The fourth-order valence-electron chi connectivity index (χ4n) is 3.21. The summed E-state index contributed by atoms with van der Waals surface area (Å²) in [7, 11) is 3.32. The second-order valence-electron chi connectivity index (χ2n) is 6.41. The van der Waals surface area contributed by atoms with Gasteiger partial charge in [-0.3, -0.25) is 14.3 Å². The number of nitrogen functional groups attached to an aromatic ring is 1. The van der Waals surface area contributed by atoms with Crippen LogP contribution in [0.2, 0.25) is 0 Å². The number of benzene rings is 2. The molecule has 0 unspecified atom stereocenters. The van der Waals surface area contributed by atoms with Crippen LogP contribution in [0.25, 0.3) is 21.8 Å². The molecule has 0 saturated carbocycles. The van der Waals surface area contributed by atoms with Gasteiger partial charge in [0.2, 0.25) is 0 Å². The maximum absolute atomic E-state index is 13.0. The number of fused-ring (bicyclic) bond motifs is 3. The van der Waals surface area contributed by atoms with Crippen molar-refractivity contribution in [3.63, 3.8) is 0 Å². The number of anilines is 1. The van der Waals surface area contributed by atoms with Crippen LogP contribution in [0.4, 0.5) is 5.82 Å². The molecule has 0 spiro atoms. The number of carbonyl (C=O) groups excluding carboxylic acids is 1. The van der Waals surface area contributed by atoms with E-state index in [1.807, 2.05) is 37.4 Å². The van der Waals surface area contributed by atoms with Gasteiger partial charge in [0.1, 0.15) is 5.82 Å². The molecule has 7 nitrogen and oxygen atoms in total. The second-order valence-corrected chi connectivity index (χ2v) is 7.33. The van der Waals surface area contributed by atoms with Crippen LogP contribution in [0.15, 0.2) is 53.1 Å². The first-order valence-corrected chi connectivity index (χ1v) is 9.38. The van der Waals surface area contributed by atoms with Crippen molar-refractivity contribution in [1.82, 2.24) is 19.8 Å². The third kappa shape index (κ3) is 3.21. The maximum Gasteiger partial charge on any atom is 0.277 e. The van der Waals surface area contributed by atoms with Crippen molar-refractivity contribution in [1.29, 1.82) is 0 Å². The third-order valence-corrected chi connectivity index (χ3v) is 5.17. The predicted octanol–water partition coefficient (Wildman–Crippen LogP) is 3.67. The van der Waals surface area contributed by atoms with E-state index < -0.39 is 0 Å². The zero-order chi connectivity index (χ0) is 19.8. The molecule has 4 rings (SSSR count). The number of amides is 1. The summed E-state index contributed by atoms with van der Waals surface area (Å²) >= 11 is 3.41. The van der Waals surface area contributed by atoms with Crippen molar-refractivity contribution in [3.05, 3.63) is 64.3 Å². The lowest BCUT2D eigenvalue weighted by molar-refractivity contribution is -0.102. The van der Waals surface area contributed by atoms with Gasteiger partial charge in [0.05, 0.1) is 36.3 Å². The van der Waals surface area contributed by atoms with Gasteiger partial charge in [0, 0.05) is 22.5 Å². The van der Waals surface area contributed by atoms with E-state index in [1.165, 1.54) is 12.2 Å². The average Bonchev–Trinajstić information content (AvgIpc) is 3.09. The first kappa shape index (κ1) is 18.4. The standard InChI is InChI=1S/C20H18BrN5O2/c1-25-18-15-9-13(5-8-17(15)24-19(22)16(18)10-23-25)20(27)26(28-2)11-12-3-6-14(21)7-4-12/h3-10H,11H2,1-2H3,(H2,22,24). The summed E-state index contributed by atoms with van der Waals surface area (Å²) in [6.07, 6.45) is 1.68. The number of hydroxylamine groups is 2. The van der Waals surface area contributed by atoms with E-state index in [9.17, 15) is 4.79 Å². The van der Waals surface area contributed by atoms with E-state index >= 15 is 0 Å². The van der Waals surface area contributed by atoms with Crippen molar-refractivity contribution in [2.75, 3.05) is 12.8 Å². The SMILES string of the molecule is CON(Cc1ccc(Br)cc1)C(=O)c1ccc2nc(N)c3cnn(C)c3c2c1. The Balaban J connectivity index is 1.73. The number of halogens is 1. The van der Waals surface area contributed by atoms with Crippen LogP contribution in [0.5, 0.6) is 0 Å². The highest BCUT2D eigenvalue weighted by atomic mass is 79.9. The number of aromatic nitrogens is 3. The molecular weight excluding hydrogens is 422 g/mol. The summed E-state index contributed by atoms with van der Waals surface area (Å²) in [5.41, 5.74) is 9.05. The molecule has 2 N–H and O–H groups in total. The molecule has 142 valence electrons. The molecule has 1 amide bonds. The van der Waals surface area contributed by atoms with Gasteiger partial charge in [-0.15, -0.1) is 0 Å². The molecule has 4 aromatic rings. The lowest BCUT2D eigenvalue weighted by Crippen LogP contribution is -2.29. The van der Waals surface area contributed by atoms with E-state index in [0.29, 0.717) is 23.4 Å². The summed E-state index contributed by atoms with van der Waals surface area (Å²) in [6.45, 7) is 0.335. The molecule has 0 radical (unpaired) electrons. The lowest BCUT2D eigenvalue weighted by atomic mass is 10.1. The third-order valence-electron chi connectivity index (χ3n) is 4.64. The van der Waals surface area contributed by atoms with Crippen molar-refractivity contribution in [3.8, 4) is 0 Å². The van der Waals surface area contributed by atoms with Crippen LogP contribution in [0.3, 0.4) is 0 Å². The Morgan fingerprint density at radius 1 is 1.21 bits per heavy atom. The topological polar surface area (TPSA) is 86.3 Å². The first-order chi connectivity index (χ1) is 13.5. The minimum absolute atomic E-state index is 0.237. The fourth-order valence-corrected chi connectivity index (χ4v) is 3.47. The van der Waals surface area contributed by atoms with Crippen molar-refractivity contribution < 1.29 is 9.63 Å². The van der Waals surface area contributed by atoms with E-state index in [0.717, 1.165) is 26.3 Å². The molecule has 2 aromatic heterocycles. The number of nitrogens with zero attached hydrogens (tertiary/aromatic N) is 4. The van der Waals surface area contributed by atoms with Gasteiger partial charge in [-0.25, -0.2) is 10.0 Å². The molecular formula is C20H18BrN5O2. The van der Waals surface area contributed by atoms with Gasteiger partial charge in [-0.1, -0.05) is 28.1 Å². The van der Waals surface area contributed by atoms with Gasteiger partial charge in [-0.2, -0.15) is 5.10 Å². The van der Waals surface area contributed by atoms with Gasteiger partial charge in [0.15, 0.2) is 0 Å². The molecule has 0 aliphatic heterocycles. The quantitative estimate of drug-likeness (QED) is 0.490. The molecule has 0 saturated heterocycles. The highest BCUT2D eigenvalue weighted by Gasteiger charge is 2.18. The molecule has 0 fully saturated rings. The van der Waals surface area contributed by atoms with Crippen LogP contribution in [0.1, 0.15) is 15.9 Å². The Kier molecular flexibility index (Phi) is 4.74. The molecule has 2 aromatic carbocycles. The highest BCUT2D eigenvalue weighted by molar-refractivity contribution is 9.10. The van der Waals surface area contributed by atoms with Crippen LogP contribution >= 0.6 is 15.9 Å². The van der Waals surface area contributed by atoms with Gasteiger partial charge in [0.25, 0.3) is 5.91 Å². The monoisotopic (exact) mass is 439 g/mol. The molecule has 0 aliphatic carbocycles. The molecule has 0 bridgehead atoms. The summed E-state index contributed by atoms with van der Waals surface area (Å²) < 4.78 is 2.72. The summed E-state index contributed by atoms with van der Waals surface area (Å²) in [5, 5.41) is 7.17. The van der Waals surface area contributed by atoms with Crippen LogP contribution in [-0.2, 0) is 18.4 Å². The number of nitrogens with two attached hydrogens (primary N) is 1. The predicted molar refractivity (Wildman–Crippen MR) is 111 cm³/mol. The zero-order valence-corrected chi connectivity index (χ0v) is 17.0. The van der Waals surface area contributed by atoms with E-state index in [2.05, 4.69) is 26.0 Å². The number of aryl methyl sites for hydroxylation is 1. The van der Waals surface area contributed by atoms with E-state index in [-0.39, 0.29) is 5.91 Å². The molecule has 0 aliphatic rings. The maximum atomic E-state index is 13.0. The van der Waals surface area contributed by atoms with Crippen molar-refractivity contribution in [2.45, 2.75) is 6.54 Å². The smallest absolute Gasteiger partial charge is 0.277 e. The minimum atomic E-state index is -0.237. The number of rotatable bonds is 4. The minimum Gasteiger partial charge on any atom is -0.383 e. The molecule has 28 heavy (non-hydrogen) atoms. The van der Waals surface area contributed by atoms with Gasteiger partial charge in [-0.05, 0) is 35.9 Å². The molecule has 8 heteroatoms. The first-order valence-electron chi connectivity index (χ1n) is 8.59. The second kappa shape index (κ2) is 7.21. The zero-order valence-electron chi connectivity index (χ0n) is 15.4. The number of pyridine rings is 1. The Bertz CT molecular complexity index is 1190. The van der Waals surface area contributed by atoms with Gasteiger partial charge >= 0.3 is 0 Å².